The molecule has 0 amide bonds. The predicted molar refractivity (Wildman–Crippen MR) is 74.5 cm³/mol. The molecule has 1 aromatic carbocycles. The summed E-state index contributed by atoms with van der Waals surface area (Å²) in [5.41, 5.74) is 2.29. The maximum atomic E-state index is 9.22. The SMILES string of the molecule is Cc1nnc(Sc2cccc(Br)c2)c(C#N)c1C. The third kappa shape index (κ3) is 2.71. The zero-order chi connectivity index (χ0) is 13.1. The second-order valence-corrected chi connectivity index (χ2v) is 5.74. The first-order valence-electron chi connectivity index (χ1n) is 5.29. The van der Waals surface area contributed by atoms with Crippen LogP contribution in [0.3, 0.4) is 0 Å². The lowest BCUT2D eigenvalue weighted by Gasteiger charge is -2.06. The monoisotopic (exact) mass is 319 g/mol. The Hall–Kier alpha value is -1.38. The van der Waals surface area contributed by atoms with Gasteiger partial charge in [0.25, 0.3) is 0 Å². The van der Waals surface area contributed by atoms with Gasteiger partial charge in [-0.2, -0.15) is 10.4 Å². The summed E-state index contributed by atoms with van der Waals surface area (Å²) in [6.07, 6.45) is 0. The van der Waals surface area contributed by atoms with E-state index in [1.165, 1.54) is 11.8 Å². The minimum atomic E-state index is 0.604. The maximum absolute atomic E-state index is 9.22. The molecule has 0 fully saturated rings. The first-order valence-corrected chi connectivity index (χ1v) is 6.90. The quantitative estimate of drug-likeness (QED) is 0.842. The molecule has 2 aromatic rings. The number of nitrogens with zero attached hydrogens (tertiary/aromatic N) is 3. The molecule has 0 bridgehead atoms. The van der Waals surface area contributed by atoms with E-state index in [1.54, 1.807) is 0 Å². The fourth-order valence-electron chi connectivity index (χ4n) is 1.43. The van der Waals surface area contributed by atoms with Crippen LogP contribution in [0.1, 0.15) is 16.8 Å². The minimum Gasteiger partial charge on any atom is -0.192 e. The number of aryl methyl sites for hydroxylation is 1. The highest BCUT2D eigenvalue weighted by molar-refractivity contribution is 9.10. The first-order chi connectivity index (χ1) is 8.61. The number of halogens is 1. The molecule has 0 aliphatic rings. The van der Waals surface area contributed by atoms with Crippen molar-refractivity contribution < 1.29 is 0 Å². The van der Waals surface area contributed by atoms with E-state index in [2.05, 4.69) is 32.2 Å². The summed E-state index contributed by atoms with van der Waals surface area (Å²) in [4.78, 5) is 1.03. The molecule has 0 unspecified atom stereocenters. The standard InChI is InChI=1S/C13H10BrN3S/c1-8-9(2)16-17-13(12(8)7-15)18-11-5-3-4-10(14)6-11/h3-6H,1-2H3. The van der Waals surface area contributed by atoms with Crippen LogP contribution in [0.5, 0.6) is 0 Å². The topological polar surface area (TPSA) is 49.6 Å². The summed E-state index contributed by atoms with van der Waals surface area (Å²) >= 11 is 4.87. The molecule has 0 aliphatic heterocycles. The normalized spacial score (nSPS) is 10.1. The van der Waals surface area contributed by atoms with Gasteiger partial charge >= 0.3 is 0 Å². The molecule has 0 aliphatic carbocycles. The summed E-state index contributed by atoms with van der Waals surface area (Å²) in [5.74, 6) is 0. The lowest BCUT2D eigenvalue weighted by molar-refractivity contribution is 0.871. The average Bonchev–Trinajstić information content (AvgIpc) is 2.34. The number of aromatic nitrogens is 2. The third-order valence-corrected chi connectivity index (χ3v) is 4.01. The molecule has 2 rings (SSSR count). The van der Waals surface area contributed by atoms with Crippen molar-refractivity contribution in [2.75, 3.05) is 0 Å². The van der Waals surface area contributed by atoms with Gasteiger partial charge in [0.05, 0.1) is 11.3 Å². The van der Waals surface area contributed by atoms with Gasteiger partial charge in [0.15, 0.2) is 0 Å². The van der Waals surface area contributed by atoms with Gasteiger partial charge in [-0.1, -0.05) is 33.8 Å². The Morgan fingerprint density at radius 2 is 2.06 bits per heavy atom. The van der Waals surface area contributed by atoms with Crippen LogP contribution in [0.2, 0.25) is 0 Å². The number of hydrogen-bond donors (Lipinski definition) is 0. The van der Waals surface area contributed by atoms with Crippen LogP contribution >= 0.6 is 27.7 Å². The smallest absolute Gasteiger partial charge is 0.142 e. The van der Waals surface area contributed by atoms with Gasteiger partial charge < -0.3 is 0 Å². The van der Waals surface area contributed by atoms with E-state index in [1.807, 2.05) is 38.1 Å². The van der Waals surface area contributed by atoms with E-state index in [0.29, 0.717) is 10.6 Å². The molecule has 0 atom stereocenters. The molecule has 5 heteroatoms. The van der Waals surface area contributed by atoms with Gasteiger partial charge in [-0.3, -0.25) is 0 Å². The van der Waals surface area contributed by atoms with Gasteiger partial charge in [0, 0.05) is 9.37 Å². The lowest BCUT2D eigenvalue weighted by Crippen LogP contribution is -1.98. The maximum Gasteiger partial charge on any atom is 0.142 e. The minimum absolute atomic E-state index is 0.604. The van der Waals surface area contributed by atoms with Crippen molar-refractivity contribution in [3.8, 4) is 6.07 Å². The van der Waals surface area contributed by atoms with Gasteiger partial charge in [0.2, 0.25) is 0 Å². The Morgan fingerprint density at radius 3 is 2.72 bits per heavy atom. The fraction of sp³-hybridized carbons (Fsp3) is 0.154. The molecular weight excluding hydrogens is 310 g/mol. The van der Waals surface area contributed by atoms with Crippen molar-refractivity contribution in [3.63, 3.8) is 0 Å². The van der Waals surface area contributed by atoms with Crippen LogP contribution in [0.4, 0.5) is 0 Å². The van der Waals surface area contributed by atoms with Gasteiger partial charge in [0.1, 0.15) is 11.1 Å². The summed E-state index contributed by atoms with van der Waals surface area (Å²) in [6, 6.07) is 10.1. The Morgan fingerprint density at radius 1 is 1.28 bits per heavy atom. The average molecular weight is 320 g/mol. The van der Waals surface area contributed by atoms with Crippen LogP contribution in [0, 0.1) is 25.2 Å². The molecule has 90 valence electrons. The molecule has 0 saturated heterocycles. The molecule has 1 aromatic heterocycles. The first kappa shape index (κ1) is 13.1. The van der Waals surface area contributed by atoms with Gasteiger partial charge in [-0.15, -0.1) is 5.10 Å². The zero-order valence-corrected chi connectivity index (χ0v) is 12.3. The molecule has 0 spiro atoms. The molecular formula is C13H10BrN3S. The number of hydrogen-bond acceptors (Lipinski definition) is 4. The Bertz CT molecular complexity index is 635. The highest BCUT2D eigenvalue weighted by Gasteiger charge is 2.12. The molecule has 0 N–H and O–H groups in total. The van der Waals surface area contributed by atoms with Crippen LogP contribution < -0.4 is 0 Å². The van der Waals surface area contributed by atoms with Crippen molar-refractivity contribution in [2.24, 2.45) is 0 Å². The predicted octanol–water partition coefficient (Wildman–Crippen LogP) is 3.88. The van der Waals surface area contributed by atoms with E-state index in [4.69, 9.17) is 0 Å². The van der Waals surface area contributed by atoms with Gasteiger partial charge in [-0.05, 0) is 37.6 Å². The van der Waals surface area contributed by atoms with Crippen molar-refractivity contribution in [1.29, 1.82) is 5.26 Å². The Labute approximate surface area is 118 Å². The summed E-state index contributed by atoms with van der Waals surface area (Å²) in [5, 5.41) is 18.0. The van der Waals surface area contributed by atoms with E-state index in [0.717, 1.165) is 20.6 Å². The van der Waals surface area contributed by atoms with Crippen molar-refractivity contribution in [3.05, 3.63) is 45.6 Å². The second-order valence-electron chi connectivity index (χ2n) is 3.76. The molecule has 0 saturated carbocycles. The Balaban J connectivity index is 2.42. The summed E-state index contributed by atoms with van der Waals surface area (Å²) in [7, 11) is 0. The van der Waals surface area contributed by atoms with Crippen LogP contribution in [0.25, 0.3) is 0 Å². The zero-order valence-electron chi connectivity index (χ0n) is 9.94. The molecule has 18 heavy (non-hydrogen) atoms. The molecule has 1 heterocycles. The van der Waals surface area contributed by atoms with Crippen LogP contribution in [-0.4, -0.2) is 10.2 Å². The van der Waals surface area contributed by atoms with Crippen molar-refractivity contribution in [2.45, 2.75) is 23.8 Å². The van der Waals surface area contributed by atoms with E-state index < -0.39 is 0 Å². The number of rotatable bonds is 2. The number of benzene rings is 1. The van der Waals surface area contributed by atoms with Gasteiger partial charge in [-0.25, -0.2) is 0 Å². The molecule has 3 nitrogen and oxygen atoms in total. The fourth-order valence-corrected chi connectivity index (χ4v) is 2.92. The van der Waals surface area contributed by atoms with Crippen molar-refractivity contribution >= 4 is 27.7 Å². The van der Waals surface area contributed by atoms with Crippen LogP contribution in [0.15, 0.2) is 38.7 Å². The van der Waals surface area contributed by atoms with E-state index in [9.17, 15) is 5.26 Å². The van der Waals surface area contributed by atoms with Crippen LogP contribution in [-0.2, 0) is 0 Å². The van der Waals surface area contributed by atoms with Crippen molar-refractivity contribution in [1.82, 2.24) is 10.2 Å². The largest absolute Gasteiger partial charge is 0.192 e. The summed E-state index contributed by atoms with van der Waals surface area (Å²) in [6.45, 7) is 3.75. The molecule has 0 radical (unpaired) electrons. The Kier molecular flexibility index (Phi) is 4.00. The van der Waals surface area contributed by atoms with E-state index >= 15 is 0 Å². The van der Waals surface area contributed by atoms with E-state index in [-0.39, 0.29) is 0 Å². The number of nitriles is 1. The second kappa shape index (κ2) is 5.51. The summed E-state index contributed by atoms with van der Waals surface area (Å²) < 4.78 is 1.00. The lowest BCUT2D eigenvalue weighted by atomic mass is 10.1. The third-order valence-electron chi connectivity index (χ3n) is 2.54. The highest BCUT2D eigenvalue weighted by atomic mass is 79.9. The highest BCUT2D eigenvalue weighted by Crippen LogP contribution is 2.31.